The van der Waals surface area contributed by atoms with Crippen LogP contribution >= 0.6 is 0 Å². The van der Waals surface area contributed by atoms with E-state index in [9.17, 15) is 14.0 Å². The van der Waals surface area contributed by atoms with Crippen LogP contribution in [0.2, 0.25) is 0 Å². The molecule has 1 aliphatic rings. The number of hydrogen-bond acceptors (Lipinski definition) is 4. The lowest BCUT2D eigenvalue weighted by molar-refractivity contribution is -0.113. The Labute approximate surface area is 161 Å². The van der Waals surface area contributed by atoms with Crippen molar-refractivity contribution in [2.75, 3.05) is 19.5 Å². The van der Waals surface area contributed by atoms with E-state index < -0.39 is 23.8 Å². The normalized spacial score (nSPS) is 16.1. The van der Waals surface area contributed by atoms with Crippen molar-refractivity contribution in [3.8, 4) is 11.5 Å². The molecule has 146 valence electrons. The van der Waals surface area contributed by atoms with E-state index in [-0.39, 0.29) is 0 Å². The number of rotatable bonds is 5. The minimum Gasteiger partial charge on any atom is -0.493 e. The largest absolute Gasteiger partial charge is 0.493 e. The van der Waals surface area contributed by atoms with Crippen LogP contribution in [0.3, 0.4) is 0 Å². The molecule has 2 aromatic rings. The molecule has 0 bridgehead atoms. The van der Waals surface area contributed by atoms with Gasteiger partial charge in [-0.05, 0) is 37.3 Å². The zero-order valence-electron chi connectivity index (χ0n) is 15.6. The summed E-state index contributed by atoms with van der Waals surface area (Å²) in [4.78, 5) is 25.1. The molecule has 7 nitrogen and oxygen atoms in total. The van der Waals surface area contributed by atoms with Gasteiger partial charge in [0.05, 0.1) is 25.8 Å². The Morgan fingerprint density at radius 2 is 1.82 bits per heavy atom. The lowest BCUT2D eigenvalue weighted by Crippen LogP contribution is -2.46. The second-order valence-corrected chi connectivity index (χ2v) is 6.11. The molecule has 0 fully saturated rings. The molecule has 1 atom stereocenters. The fourth-order valence-electron chi connectivity index (χ4n) is 3.10. The average molecular weight is 385 g/mol. The van der Waals surface area contributed by atoms with Gasteiger partial charge in [0.2, 0.25) is 0 Å². The predicted octanol–water partition coefficient (Wildman–Crippen LogP) is 3.11. The summed E-state index contributed by atoms with van der Waals surface area (Å²) in [5.41, 5.74) is 1.70. The summed E-state index contributed by atoms with van der Waals surface area (Å²) in [6.45, 7) is 1.64. The Morgan fingerprint density at radius 3 is 2.46 bits per heavy atom. The third kappa shape index (κ3) is 3.75. The zero-order valence-corrected chi connectivity index (χ0v) is 15.6. The van der Waals surface area contributed by atoms with E-state index in [1.807, 2.05) is 0 Å². The average Bonchev–Trinajstić information content (AvgIpc) is 2.68. The maximum atomic E-state index is 13.1. The van der Waals surface area contributed by atoms with Gasteiger partial charge in [0.25, 0.3) is 5.91 Å². The SMILES string of the molecule is COc1cccc([C@@H]2NC(=O)NC(C)=C2C(=O)Nc2ccc(F)cc2)c1OC. The smallest absolute Gasteiger partial charge is 0.319 e. The molecule has 1 aliphatic heterocycles. The molecule has 3 amide bonds. The monoisotopic (exact) mass is 385 g/mol. The predicted molar refractivity (Wildman–Crippen MR) is 102 cm³/mol. The molecule has 0 unspecified atom stereocenters. The quantitative estimate of drug-likeness (QED) is 0.738. The summed E-state index contributed by atoms with van der Waals surface area (Å²) in [5, 5.41) is 8.08. The van der Waals surface area contributed by atoms with E-state index in [0.29, 0.717) is 34.0 Å². The third-order valence-corrected chi connectivity index (χ3v) is 4.36. The van der Waals surface area contributed by atoms with E-state index >= 15 is 0 Å². The third-order valence-electron chi connectivity index (χ3n) is 4.36. The van der Waals surface area contributed by atoms with Crippen LogP contribution in [0.25, 0.3) is 0 Å². The minimum atomic E-state index is -0.765. The molecule has 0 radical (unpaired) electrons. The van der Waals surface area contributed by atoms with E-state index in [1.165, 1.54) is 38.5 Å². The fraction of sp³-hybridized carbons (Fsp3) is 0.200. The van der Waals surface area contributed by atoms with Crippen LogP contribution in [-0.4, -0.2) is 26.2 Å². The highest BCUT2D eigenvalue weighted by Crippen LogP contribution is 2.39. The summed E-state index contributed by atoms with van der Waals surface area (Å²) >= 11 is 0. The van der Waals surface area contributed by atoms with Crippen molar-refractivity contribution >= 4 is 17.6 Å². The van der Waals surface area contributed by atoms with Crippen LogP contribution in [0, 0.1) is 5.82 Å². The summed E-state index contributed by atoms with van der Waals surface area (Å²) in [7, 11) is 2.99. The summed E-state index contributed by atoms with van der Waals surface area (Å²) < 4.78 is 23.9. The number of methoxy groups -OCH3 is 2. The first-order valence-electron chi connectivity index (χ1n) is 8.50. The number of allylic oxidation sites excluding steroid dienone is 1. The molecular weight excluding hydrogens is 365 g/mol. The van der Waals surface area contributed by atoms with Crippen LogP contribution in [0.5, 0.6) is 11.5 Å². The first-order valence-corrected chi connectivity index (χ1v) is 8.50. The number of para-hydroxylation sites is 1. The second-order valence-electron chi connectivity index (χ2n) is 6.11. The van der Waals surface area contributed by atoms with Gasteiger partial charge in [-0.15, -0.1) is 0 Å². The first kappa shape index (κ1) is 19.2. The summed E-state index contributed by atoms with van der Waals surface area (Å²) in [6, 6.07) is 9.43. The van der Waals surface area contributed by atoms with Gasteiger partial charge < -0.3 is 25.4 Å². The molecule has 0 spiro atoms. The van der Waals surface area contributed by atoms with Gasteiger partial charge in [-0.1, -0.05) is 12.1 Å². The van der Waals surface area contributed by atoms with Gasteiger partial charge in [-0.25, -0.2) is 9.18 Å². The van der Waals surface area contributed by atoms with Crippen LogP contribution in [0.15, 0.2) is 53.7 Å². The van der Waals surface area contributed by atoms with Crippen molar-refractivity contribution in [2.24, 2.45) is 0 Å². The number of halogens is 1. The van der Waals surface area contributed by atoms with Crippen molar-refractivity contribution in [3.05, 3.63) is 65.1 Å². The Hall–Kier alpha value is -3.55. The van der Waals surface area contributed by atoms with Crippen molar-refractivity contribution in [2.45, 2.75) is 13.0 Å². The lowest BCUT2D eigenvalue weighted by atomic mass is 9.93. The molecule has 0 saturated heterocycles. The summed E-state index contributed by atoms with van der Waals surface area (Å²) in [5.74, 6) is 0.0475. The zero-order chi connectivity index (χ0) is 20.3. The highest BCUT2D eigenvalue weighted by molar-refractivity contribution is 6.06. The van der Waals surface area contributed by atoms with Crippen molar-refractivity contribution in [3.63, 3.8) is 0 Å². The number of hydrogen-bond donors (Lipinski definition) is 3. The molecule has 28 heavy (non-hydrogen) atoms. The van der Waals surface area contributed by atoms with Gasteiger partial charge >= 0.3 is 6.03 Å². The Morgan fingerprint density at radius 1 is 1.11 bits per heavy atom. The molecule has 1 heterocycles. The van der Waals surface area contributed by atoms with Crippen molar-refractivity contribution in [1.29, 1.82) is 0 Å². The molecule has 0 saturated carbocycles. The van der Waals surface area contributed by atoms with E-state index in [2.05, 4.69) is 16.0 Å². The number of nitrogens with one attached hydrogen (secondary N) is 3. The van der Waals surface area contributed by atoms with Gasteiger partial charge in [-0.3, -0.25) is 4.79 Å². The highest BCUT2D eigenvalue weighted by Gasteiger charge is 2.33. The molecule has 2 aromatic carbocycles. The number of benzene rings is 2. The molecule has 3 N–H and O–H groups in total. The van der Waals surface area contributed by atoms with Crippen LogP contribution in [-0.2, 0) is 4.79 Å². The Bertz CT molecular complexity index is 941. The van der Waals surface area contributed by atoms with Crippen molar-refractivity contribution in [1.82, 2.24) is 10.6 Å². The molecule has 3 rings (SSSR count). The highest BCUT2D eigenvalue weighted by atomic mass is 19.1. The van der Waals surface area contributed by atoms with Crippen LogP contribution in [0.4, 0.5) is 14.9 Å². The number of urea groups is 1. The van der Waals surface area contributed by atoms with Gasteiger partial charge in [-0.2, -0.15) is 0 Å². The van der Waals surface area contributed by atoms with E-state index in [4.69, 9.17) is 9.47 Å². The van der Waals surface area contributed by atoms with Crippen LogP contribution < -0.4 is 25.4 Å². The maximum absolute atomic E-state index is 13.1. The number of carbonyl (C=O) groups is 2. The molecule has 0 aliphatic carbocycles. The minimum absolute atomic E-state index is 0.301. The van der Waals surface area contributed by atoms with Gasteiger partial charge in [0.1, 0.15) is 5.82 Å². The van der Waals surface area contributed by atoms with Crippen LogP contribution in [0.1, 0.15) is 18.5 Å². The molecule has 8 heteroatoms. The second kappa shape index (κ2) is 7.99. The number of amides is 3. The molecule has 0 aromatic heterocycles. The number of anilines is 1. The van der Waals surface area contributed by atoms with E-state index in [0.717, 1.165) is 0 Å². The maximum Gasteiger partial charge on any atom is 0.319 e. The summed E-state index contributed by atoms with van der Waals surface area (Å²) in [6.07, 6.45) is 0. The van der Waals surface area contributed by atoms with E-state index in [1.54, 1.807) is 25.1 Å². The number of carbonyl (C=O) groups excluding carboxylic acids is 2. The Balaban J connectivity index is 2.02. The fourth-order valence-corrected chi connectivity index (χ4v) is 3.10. The lowest BCUT2D eigenvalue weighted by Gasteiger charge is -2.30. The topological polar surface area (TPSA) is 88.7 Å². The Kier molecular flexibility index (Phi) is 5.49. The van der Waals surface area contributed by atoms with Crippen molar-refractivity contribution < 1.29 is 23.5 Å². The van der Waals surface area contributed by atoms with Gasteiger partial charge in [0.15, 0.2) is 11.5 Å². The standard InChI is InChI=1S/C20H20FN3O4/c1-11-16(19(25)23-13-9-7-12(21)8-10-13)17(24-20(26)22-11)14-5-4-6-15(27-2)18(14)28-3/h4-10,17H,1-3H3,(H,23,25)(H2,22,24,26)/t17-/m0/s1. The number of ether oxygens (including phenoxy) is 2. The molecular formula is C20H20FN3O4. The van der Waals surface area contributed by atoms with Gasteiger partial charge in [0, 0.05) is 16.9 Å². The first-order chi connectivity index (χ1) is 13.4.